The van der Waals surface area contributed by atoms with Gasteiger partial charge in [0.25, 0.3) is 0 Å². The van der Waals surface area contributed by atoms with E-state index in [2.05, 4.69) is 39.4 Å². The molecule has 1 saturated carbocycles. The normalized spacial score (nSPS) is 15.4. The molecular formula is C24H30BrNO3. The first-order chi connectivity index (χ1) is 14.1. The smallest absolute Gasteiger partial charge is 0.230 e. The molecule has 1 aliphatic rings. The minimum Gasteiger partial charge on any atom is -0.379 e. The van der Waals surface area contributed by atoms with E-state index in [1.165, 1.54) is 0 Å². The largest absolute Gasteiger partial charge is 0.379 e. The number of carbonyl (C=O) groups excluding carboxylic acids is 1. The van der Waals surface area contributed by atoms with E-state index in [4.69, 9.17) is 9.47 Å². The quantitative estimate of drug-likeness (QED) is 0.500. The molecule has 156 valence electrons. The summed E-state index contributed by atoms with van der Waals surface area (Å²) in [5, 5.41) is 3.19. The molecule has 0 unspecified atom stereocenters. The van der Waals surface area contributed by atoms with Gasteiger partial charge in [-0.2, -0.15) is 0 Å². The Bertz CT molecular complexity index is 785. The molecule has 0 atom stereocenters. The molecule has 1 amide bonds. The monoisotopic (exact) mass is 459 g/mol. The summed E-state index contributed by atoms with van der Waals surface area (Å²) in [4.78, 5) is 13.2. The molecule has 0 aromatic heterocycles. The third-order valence-electron chi connectivity index (χ3n) is 5.58. The van der Waals surface area contributed by atoms with Crippen molar-refractivity contribution in [3.8, 4) is 0 Å². The second-order valence-corrected chi connectivity index (χ2v) is 8.46. The van der Waals surface area contributed by atoms with Gasteiger partial charge in [0.05, 0.1) is 25.2 Å². The molecule has 0 spiro atoms. The summed E-state index contributed by atoms with van der Waals surface area (Å²) in [6.07, 6.45) is 4.01. The maximum Gasteiger partial charge on any atom is 0.230 e. The number of nitrogens with one attached hydrogen (secondary N) is 1. The molecule has 5 heteroatoms. The number of benzene rings is 2. The van der Waals surface area contributed by atoms with Gasteiger partial charge in [-0.05, 0) is 48.6 Å². The summed E-state index contributed by atoms with van der Waals surface area (Å²) in [6.45, 7) is 4.97. The van der Waals surface area contributed by atoms with Gasteiger partial charge in [-0.15, -0.1) is 0 Å². The van der Waals surface area contributed by atoms with Crippen molar-refractivity contribution >= 4 is 21.8 Å². The first kappa shape index (κ1) is 22.0. The fraction of sp³-hybridized carbons (Fsp3) is 0.458. The van der Waals surface area contributed by atoms with Crippen LogP contribution in [-0.2, 0) is 32.8 Å². The predicted octanol–water partition coefficient (Wildman–Crippen LogP) is 5.13. The number of halogens is 1. The standard InChI is InChI=1S/C24H30BrNO3/c1-2-28-14-15-29-18-20-7-5-6-19(16-20)17-26-23(27)24(12-3-4-13-24)21-8-10-22(25)11-9-21/h5-11,16H,2-4,12-15,17-18H2,1H3,(H,26,27). The highest BCUT2D eigenvalue weighted by atomic mass is 79.9. The van der Waals surface area contributed by atoms with Gasteiger partial charge >= 0.3 is 0 Å². The van der Waals surface area contributed by atoms with Crippen LogP contribution in [0.1, 0.15) is 49.3 Å². The van der Waals surface area contributed by atoms with E-state index in [1.807, 2.05) is 37.3 Å². The summed E-state index contributed by atoms with van der Waals surface area (Å²) >= 11 is 3.49. The first-order valence-electron chi connectivity index (χ1n) is 10.4. The Balaban J connectivity index is 1.59. The summed E-state index contributed by atoms with van der Waals surface area (Å²) in [5.41, 5.74) is 2.91. The molecule has 3 rings (SSSR count). The van der Waals surface area contributed by atoms with Gasteiger partial charge in [-0.25, -0.2) is 0 Å². The van der Waals surface area contributed by atoms with Crippen LogP contribution < -0.4 is 5.32 Å². The minimum absolute atomic E-state index is 0.135. The second kappa shape index (κ2) is 10.9. The molecule has 4 nitrogen and oxygen atoms in total. The van der Waals surface area contributed by atoms with Crippen molar-refractivity contribution < 1.29 is 14.3 Å². The van der Waals surface area contributed by atoms with E-state index >= 15 is 0 Å². The van der Waals surface area contributed by atoms with Gasteiger partial charge in [0, 0.05) is 17.6 Å². The Morgan fingerprint density at radius 1 is 1.03 bits per heavy atom. The van der Waals surface area contributed by atoms with Crippen LogP contribution in [0.5, 0.6) is 0 Å². The molecule has 1 N–H and O–H groups in total. The molecule has 2 aromatic rings. The molecular weight excluding hydrogens is 430 g/mol. The van der Waals surface area contributed by atoms with E-state index in [1.54, 1.807) is 0 Å². The first-order valence-corrected chi connectivity index (χ1v) is 11.2. The molecule has 1 aliphatic carbocycles. The number of amides is 1. The molecule has 0 aliphatic heterocycles. The number of carbonyl (C=O) groups is 1. The van der Waals surface area contributed by atoms with Crippen LogP contribution in [0.4, 0.5) is 0 Å². The third-order valence-corrected chi connectivity index (χ3v) is 6.11. The minimum atomic E-state index is -0.402. The van der Waals surface area contributed by atoms with Gasteiger partial charge in [0.2, 0.25) is 5.91 Å². The highest BCUT2D eigenvalue weighted by Crippen LogP contribution is 2.41. The molecule has 2 aromatic carbocycles. The van der Waals surface area contributed by atoms with E-state index in [9.17, 15) is 4.79 Å². The average molecular weight is 460 g/mol. The highest BCUT2D eigenvalue weighted by molar-refractivity contribution is 9.10. The summed E-state index contributed by atoms with van der Waals surface area (Å²) < 4.78 is 12.0. The predicted molar refractivity (Wildman–Crippen MR) is 119 cm³/mol. The number of hydrogen-bond acceptors (Lipinski definition) is 3. The van der Waals surface area contributed by atoms with Crippen molar-refractivity contribution in [3.05, 3.63) is 69.7 Å². The van der Waals surface area contributed by atoms with Crippen molar-refractivity contribution in [2.45, 2.75) is 51.2 Å². The lowest BCUT2D eigenvalue weighted by molar-refractivity contribution is -0.126. The Hall–Kier alpha value is -1.69. The van der Waals surface area contributed by atoms with Crippen molar-refractivity contribution in [1.29, 1.82) is 0 Å². The zero-order valence-corrected chi connectivity index (χ0v) is 18.7. The maximum atomic E-state index is 13.2. The second-order valence-electron chi connectivity index (χ2n) is 7.55. The summed E-state index contributed by atoms with van der Waals surface area (Å²) in [6, 6.07) is 16.4. The Kier molecular flexibility index (Phi) is 8.28. The number of rotatable bonds is 10. The molecule has 0 bridgehead atoms. The SMILES string of the molecule is CCOCCOCc1cccc(CNC(=O)C2(c3ccc(Br)cc3)CCCC2)c1. The van der Waals surface area contributed by atoms with Crippen molar-refractivity contribution in [2.75, 3.05) is 19.8 Å². The van der Waals surface area contributed by atoms with Gasteiger partial charge in [-0.1, -0.05) is 65.2 Å². The Morgan fingerprint density at radius 2 is 1.72 bits per heavy atom. The number of hydrogen-bond donors (Lipinski definition) is 1. The van der Waals surface area contributed by atoms with Crippen LogP contribution >= 0.6 is 15.9 Å². The van der Waals surface area contributed by atoms with Crippen LogP contribution in [0.15, 0.2) is 53.0 Å². The van der Waals surface area contributed by atoms with E-state index in [0.717, 1.165) is 46.8 Å². The van der Waals surface area contributed by atoms with Crippen molar-refractivity contribution in [3.63, 3.8) is 0 Å². The van der Waals surface area contributed by atoms with Crippen molar-refractivity contribution in [1.82, 2.24) is 5.32 Å². The van der Waals surface area contributed by atoms with Gasteiger partial charge < -0.3 is 14.8 Å². The lowest BCUT2D eigenvalue weighted by Crippen LogP contribution is -2.42. The lowest BCUT2D eigenvalue weighted by Gasteiger charge is -2.28. The van der Waals surface area contributed by atoms with Crippen LogP contribution in [0.3, 0.4) is 0 Å². The molecule has 0 radical (unpaired) electrons. The molecule has 29 heavy (non-hydrogen) atoms. The van der Waals surface area contributed by atoms with Crippen LogP contribution in [-0.4, -0.2) is 25.7 Å². The topological polar surface area (TPSA) is 47.6 Å². The summed E-state index contributed by atoms with van der Waals surface area (Å²) in [5.74, 6) is 0.135. The van der Waals surface area contributed by atoms with E-state index in [0.29, 0.717) is 33.0 Å². The van der Waals surface area contributed by atoms with Gasteiger partial charge in [0.15, 0.2) is 0 Å². The van der Waals surface area contributed by atoms with E-state index < -0.39 is 5.41 Å². The Labute approximate surface area is 182 Å². The Morgan fingerprint density at radius 3 is 2.45 bits per heavy atom. The lowest BCUT2D eigenvalue weighted by atomic mass is 9.78. The van der Waals surface area contributed by atoms with Crippen LogP contribution in [0.2, 0.25) is 0 Å². The van der Waals surface area contributed by atoms with Gasteiger partial charge in [-0.3, -0.25) is 4.79 Å². The molecule has 1 fully saturated rings. The summed E-state index contributed by atoms with van der Waals surface area (Å²) in [7, 11) is 0. The van der Waals surface area contributed by atoms with Gasteiger partial charge in [0.1, 0.15) is 0 Å². The fourth-order valence-electron chi connectivity index (χ4n) is 4.03. The zero-order valence-electron chi connectivity index (χ0n) is 17.1. The maximum absolute atomic E-state index is 13.2. The van der Waals surface area contributed by atoms with Crippen LogP contribution in [0, 0.1) is 0 Å². The average Bonchev–Trinajstić information content (AvgIpc) is 3.24. The third kappa shape index (κ3) is 5.91. The van der Waals surface area contributed by atoms with Crippen LogP contribution in [0.25, 0.3) is 0 Å². The number of ether oxygens (including phenoxy) is 2. The fourth-order valence-corrected chi connectivity index (χ4v) is 4.29. The molecule has 0 saturated heterocycles. The highest BCUT2D eigenvalue weighted by Gasteiger charge is 2.42. The zero-order chi connectivity index (χ0) is 20.5. The van der Waals surface area contributed by atoms with E-state index in [-0.39, 0.29) is 5.91 Å². The molecule has 0 heterocycles. The van der Waals surface area contributed by atoms with Crippen molar-refractivity contribution in [2.24, 2.45) is 0 Å².